The Morgan fingerprint density at radius 1 is 1.07 bits per heavy atom. The Hall–Kier alpha value is -3.18. The van der Waals surface area contributed by atoms with Gasteiger partial charge in [0, 0.05) is 29.4 Å². The first-order chi connectivity index (χ1) is 14.4. The molecule has 2 heterocycles. The van der Waals surface area contributed by atoms with Crippen LogP contribution >= 0.6 is 11.6 Å². The maximum absolute atomic E-state index is 12.8. The number of hydrogen-bond acceptors (Lipinski definition) is 3. The molecule has 2 aromatic carbocycles. The number of aryl methyl sites for hydroxylation is 3. The van der Waals surface area contributed by atoms with E-state index >= 15 is 0 Å². The van der Waals surface area contributed by atoms with Crippen molar-refractivity contribution in [2.75, 3.05) is 0 Å². The van der Waals surface area contributed by atoms with Crippen LogP contribution in [0, 0.1) is 20.8 Å². The van der Waals surface area contributed by atoms with E-state index in [0.717, 1.165) is 33.1 Å². The van der Waals surface area contributed by atoms with Crippen molar-refractivity contribution >= 4 is 23.2 Å². The fraction of sp³-hybridized carbons (Fsp3) is 0.208. The molecule has 6 heteroatoms. The van der Waals surface area contributed by atoms with Crippen molar-refractivity contribution in [1.29, 1.82) is 0 Å². The normalized spacial score (nSPS) is 11.1. The Morgan fingerprint density at radius 3 is 2.53 bits per heavy atom. The summed E-state index contributed by atoms with van der Waals surface area (Å²) in [7, 11) is 0. The number of fused-ring (bicyclic) bond motifs is 1. The summed E-state index contributed by atoms with van der Waals surface area (Å²) in [4.78, 5) is 17.5. The van der Waals surface area contributed by atoms with Crippen molar-refractivity contribution in [3.8, 4) is 0 Å². The lowest BCUT2D eigenvalue weighted by Crippen LogP contribution is -2.23. The average Bonchev–Trinajstić information content (AvgIpc) is 3.15. The number of nitrogens with one attached hydrogen (secondary N) is 1. The highest BCUT2D eigenvalue weighted by molar-refractivity contribution is 6.31. The summed E-state index contributed by atoms with van der Waals surface area (Å²) in [5, 5.41) is 8.13. The molecule has 0 aliphatic rings. The van der Waals surface area contributed by atoms with Gasteiger partial charge in [-0.15, -0.1) is 0 Å². The molecule has 30 heavy (non-hydrogen) atoms. The highest BCUT2D eigenvalue weighted by atomic mass is 35.5. The standard InChI is InChI=1S/C24H23ClN4O/c1-15-8-10-18(11-9-15)13-26-24(30)21-14-27-29-17(3)20(16(2)28-23(21)29)12-19-6-4-5-7-22(19)25/h4-11,14H,12-13H2,1-3H3,(H,26,30). The topological polar surface area (TPSA) is 59.3 Å². The van der Waals surface area contributed by atoms with Gasteiger partial charge < -0.3 is 5.32 Å². The number of carbonyl (C=O) groups excluding carboxylic acids is 1. The zero-order chi connectivity index (χ0) is 21.3. The van der Waals surface area contributed by atoms with E-state index in [4.69, 9.17) is 16.6 Å². The van der Waals surface area contributed by atoms with Gasteiger partial charge in [-0.25, -0.2) is 9.50 Å². The van der Waals surface area contributed by atoms with Crippen molar-refractivity contribution in [3.63, 3.8) is 0 Å². The molecule has 0 radical (unpaired) electrons. The molecule has 0 saturated carbocycles. The number of aromatic nitrogens is 3. The minimum absolute atomic E-state index is 0.185. The van der Waals surface area contributed by atoms with Crippen LogP contribution in [-0.4, -0.2) is 20.5 Å². The summed E-state index contributed by atoms with van der Waals surface area (Å²) in [5.41, 5.74) is 7.19. The highest BCUT2D eigenvalue weighted by Gasteiger charge is 2.18. The molecular weight excluding hydrogens is 396 g/mol. The van der Waals surface area contributed by atoms with E-state index in [1.165, 1.54) is 5.56 Å². The second-order valence-corrected chi connectivity index (χ2v) is 7.90. The molecule has 1 N–H and O–H groups in total. The summed E-state index contributed by atoms with van der Waals surface area (Å²) >= 11 is 6.34. The first-order valence-electron chi connectivity index (χ1n) is 9.85. The van der Waals surface area contributed by atoms with Crippen LogP contribution in [0.5, 0.6) is 0 Å². The minimum atomic E-state index is -0.185. The molecule has 0 fully saturated rings. The van der Waals surface area contributed by atoms with Gasteiger partial charge in [0.05, 0.1) is 6.20 Å². The SMILES string of the molecule is Cc1ccc(CNC(=O)c2cnn3c(C)c(Cc4ccccc4Cl)c(C)nc23)cc1. The average molecular weight is 419 g/mol. The molecule has 0 bridgehead atoms. The van der Waals surface area contributed by atoms with Crippen LogP contribution < -0.4 is 5.32 Å². The quantitative estimate of drug-likeness (QED) is 0.505. The molecule has 0 saturated heterocycles. The van der Waals surface area contributed by atoms with E-state index in [0.29, 0.717) is 24.2 Å². The smallest absolute Gasteiger partial charge is 0.257 e. The molecule has 5 nitrogen and oxygen atoms in total. The predicted octanol–water partition coefficient (Wildman–Crippen LogP) is 4.83. The summed E-state index contributed by atoms with van der Waals surface area (Å²) in [5.74, 6) is -0.185. The third kappa shape index (κ3) is 3.94. The molecule has 0 atom stereocenters. The summed E-state index contributed by atoms with van der Waals surface area (Å²) in [6, 6.07) is 15.9. The van der Waals surface area contributed by atoms with E-state index in [2.05, 4.69) is 10.4 Å². The Balaban J connectivity index is 1.61. The van der Waals surface area contributed by atoms with Gasteiger partial charge in [0.25, 0.3) is 5.91 Å². The van der Waals surface area contributed by atoms with Crippen LogP contribution in [0.1, 0.15) is 44.0 Å². The van der Waals surface area contributed by atoms with Crippen LogP contribution in [-0.2, 0) is 13.0 Å². The van der Waals surface area contributed by atoms with E-state index in [1.807, 2.05) is 69.3 Å². The maximum Gasteiger partial charge on any atom is 0.257 e. The monoisotopic (exact) mass is 418 g/mol. The van der Waals surface area contributed by atoms with Gasteiger partial charge in [0.1, 0.15) is 5.56 Å². The summed E-state index contributed by atoms with van der Waals surface area (Å²) < 4.78 is 1.74. The second-order valence-electron chi connectivity index (χ2n) is 7.49. The largest absolute Gasteiger partial charge is 0.348 e. The molecule has 152 valence electrons. The number of benzene rings is 2. The Labute approximate surface area is 180 Å². The van der Waals surface area contributed by atoms with Crippen molar-refractivity contribution in [2.24, 2.45) is 0 Å². The lowest BCUT2D eigenvalue weighted by molar-refractivity contribution is 0.0952. The second kappa shape index (κ2) is 8.28. The lowest BCUT2D eigenvalue weighted by atomic mass is 10.0. The zero-order valence-electron chi connectivity index (χ0n) is 17.2. The first-order valence-corrected chi connectivity index (χ1v) is 10.2. The van der Waals surface area contributed by atoms with Gasteiger partial charge in [-0.05, 0) is 43.5 Å². The first kappa shape index (κ1) is 20.1. The number of hydrogen-bond donors (Lipinski definition) is 1. The molecule has 2 aromatic heterocycles. The highest BCUT2D eigenvalue weighted by Crippen LogP contribution is 2.24. The summed E-state index contributed by atoms with van der Waals surface area (Å²) in [6.45, 7) is 6.45. The predicted molar refractivity (Wildman–Crippen MR) is 119 cm³/mol. The molecule has 0 unspecified atom stereocenters. The van der Waals surface area contributed by atoms with Crippen molar-refractivity contribution in [3.05, 3.63) is 99.0 Å². The molecule has 0 aliphatic heterocycles. The molecule has 4 aromatic rings. The number of rotatable bonds is 5. The Morgan fingerprint density at radius 2 is 1.80 bits per heavy atom. The van der Waals surface area contributed by atoms with Crippen molar-refractivity contribution in [2.45, 2.75) is 33.7 Å². The Kier molecular flexibility index (Phi) is 5.55. The van der Waals surface area contributed by atoms with E-state index in [1.54, 1.807) is 10.7 Å². The molecule has 4 rings (SSSR count). The fourth-order valence-electron chi connectivity index (χ4n) is 3.54. The molecule has 0 spiro atoms. The van der Waals surface area contributed by atoms with Crippen LogP contribution in [0.4, 0.5) is 0 Å². The fourth-order valence-corrected chi connectivity index (χ4v) is 3.75. The third-order valence-electron chi connectivity index (χ3n) is 5.35. The molecule has 1 amide bonds. The summed E-state index contributed by atoms with van der Waals surface area (Å²) in [6.07, 6.45) is 2.24. The zero-order valence-corrected chi connectivity index (χ0v) is 18.0. The minimum Gasteiger partial charge on any atom is -0.348 e. The number of amides is 1. The van der Waals surface area contributed by atoms with Crippen LogP contribution in [0.15, 0.2) is 54.7 Å². The lowest BCUT2D eigenvalue weighted by Gasteiger charge is -2.12. The van der Waals surface area contributed by atoms with Crippen LogP contribution in [0.2, 0.25) is 5.02 Å². The van der Waals surface area contributed by atoms with Gasteiger partial charge in [0.15, 0.2) is 5.65 Å². The van der Waals surface area contributed by atoms with Gasteiger partial charge in [-0.2, -0.15) is 5.10 Å². The van der Waals surface area contributed by atoms with Gasteiger partial charge >= 0.3 is 0 Å². The number of carbonyl (C=O) groups is 1. The van der Waals surface area contributed by atoms with E-state index in [9.17, 15) is 4.79 Å². The van der Waals surface area contributed by atoms with Crippen LogP contribution in [0.25, 0.3) is 5.65 Å². The number of nitrogens with zero attached hydrogens (tertiary/aromatic N) is 3. The van der Waals surface area contributed by atoms with Gasteiger partial charge in [-0.3, -0.25) is 4.79 Å². The van der Waals surface area contributed by atoms with Gasteiger partial charge in [0.2, 0.25) is 0 Å². The molecule has 0 aliphatic carbocycles. The van der Waals surface area contributed by atoms with Crippen molar-refractivity contribution < 1.29 is 4.79 Å². The molecular formula is C24H23ClN4O. The maximum atomic E-state index is 12.8. The Bertz CT molecular complexity index is 1230. The van der Waals surface area contributed by atoms with E-state index in [-0.39, 0.29) is 5.91 Å². The van der Waals surface area contributed by atoms with Gasteiger partial charge in [-0.1, -0.05) is 59.6 Å². The third-order valence-corrected chi connectivity index (χ3v) is 5.72. The van der Waals surface area contributed by atoms with Crippen molar-refractivity contribution in [1.82, 2.24) is 19.9 Å². The van der Waals surface area contributed by atoms with Crippen LogP contribution in [0.3, 0.4) is 0 Å². The van der Waals surface area contributed by atoms with E-state index < -0.39 is 0 Å². The number of halogens is 1.